The molecule has 1 N–H and O–H groups in total. The molecular formula is C22H16ClN3. The molecule has 0 bridgehead atoms. The third kappa shape index (κ3) is 2.40. The Labute approximate surface area is 156 Å². The van der Waals surface area contributed by atoms with E-state index in [0.717, 1.165) is 39.9 Å². The second kappa shape index (κ2) is 6.04. The molecule has 3 aromatic carbocycles. The SMILES string of the molecule is Clc1ccc(-n2nc(-c3ccccc3)c3c2-c2ccccc2NC3)cc1. The van der Waals surface area contributed by atoms with Crippen molar-refractivity contribution in [2.45, 2.75) is 6.54 Å². The number of hydrogen-bond donors (Lipinski definition) is 1. The van der Waals surface area contributed by atoms with Gasteiger partial charge in [-0.3, -0.25) is 0 Å². The van der Waals surface area contributed by atoms with Gasteiger partial charge in [-0.1, -0.05) is 60.1 Å². The molecule has 26 heavy (non-hydrogen) atoms. The molecule has 0 saturated carbocycles. The summed E-state index contributed by atoms with van der Waals surface area (Å²) in [5.41, 5.74) is 7.79. The van der Waals surface area contributed by atoms with Gasteiger partial charge in [0, 0.05) is 33.9 Å². The normalized spacial score (nSPS) is 12.2. The minimum absolute atomic E-state index is 0.722. The lowest BCUT2D eigenvalue weighted by Crippen LogP contribution is -2.10. The van der Waals surface area contributed by atoms with Crippen molar-refractivity contribution < 1.29 is 0 Å². The van der Waals surface area contributed by atoms with Crippen LogP contribution in [-0.2, 0) is 6.54 Å². The molecule has 1 aromatic heterocycles. The van der Waals surface area contributed by atoms with Crippen LogP contribution in [0.25, 0.3) is 28.2 Å². The number of anilines is 1. The Morgan fingerprint density at radius 3 is 2.38 bits per heavy atom. The summed E-state index contributed by atoms with van der Waals surface area (Å²) in [5, 5.41) is 9.25. The van der Waals surface area contributed by atoms with Crippen molar-refractivity contribution in [1.29, 1.82) is 0 Å². The lowest BCUT2D eigenvalue weighted by atomic mass is 9.97. The second-order valence-electron chi connectivity index (χ2n) is 6.33. The number of nitrogens with one attached hydrogen (secondary N) is 1. The number of hydrogen-bond acceptors (Lipinski definition) is 2. The van der Waals surface area contributed by atoms with Gasteiger partial charge in [0.15, 0.2) is 0 Å². The molecule has 0 unspecified atom stereocenters. The summed E-state index contributed by atoms with van der Waals surface area (Å²) in [4.78, 5) is 0. The van der Waals surface area contributed by atoms with Crippen LogP contribution in [0.3, 0.4) is 0 Å². The van der Waals surface area contributed by atoms with Gasteiger partial charge in [0.25, 0.3) is 0 Å². The molecule has 5 rings (SSSR count). The molecule has 0 amide bonds. The fourth-order valence-corrected chi connectivity index (χ4v) is 3.64. The number of benzene rings is 3. The first-order valence-electron chi connectivity index (χ1n) is 8.58. The zero-order valence-corrected chi connectivity index (χ0v) is 14.7. The minimum atomic E-state index is 0.722. The van der Waals surface area contributed by atoms with E-state index in [-0.39, 0.29) is 0 Å². The van der Waals surface area contributed by atoms with Crippen LogP contribution in [0.2, 0.25) is 5.02 Å². The van der Waals surface area contributed by atoms with Gasteiger partial charge in [-0.15, -0.1) is 0 Å². The van der Waals surface area contributed by atoms with E-state index in [0.29, 0.717) is 0 Å². The smallest absolute Gasteiger partial charge is 0.0984 e. The average molecular weight is 358 g/mol. The zero-order valence-electron chi connectivity index (χ0n) is 14.0. The van der Waals surface area contributed by atoms with Crippen LogP contribution >= 0.6 is 11.6 Å². The van der Waals surface area contributed by atoms with Crippen LogP contribution in [-0.4, -0.2) is 9.78 Å². The molecule has 3 nitrogen and oxygen atoms in total. The largest absolute Gasteiger partial charge is 0.380 e. The number of rotatable bonds is 2. The molecule has 0 spiro atoms. The molecule has 1 aliphatic heterocycles. The van der Waals surface area contributed by atoms with Gasteiger partial charge in [-0.2, -0.15) is 5.10 Å². The summed E-state index contributed by atoms with van der Waals surface area (Å²) in [7, 11) is 0. The standard InChI is InChI=1S/C22H16ClN3/c23-16-10-12-17(13-11-16)26-22-18-8-4-5-9-20(18)24-14-19(22)21(25-26)15-6-2-1-3-7-15/h1-13,24H,14H2. The Bertz CT molecular complexity index is 1080. The van der Waals surface area contributed by atoms with Crippen molar-refractivity contribution in [3.8, 4) is 28.2 Å². The Kier molecular flexibility index (Phi) is 3.54. The van der Waals surface area contributed by atoms with Gasteiger partial charge in [0.1, 0.15) is 0 Å². The van der Waals surface area contributed by atoms with Crippen molar-refractivity contribution >= 4 is 17.3 Å². The molecule has 0 aliphatic carbocycles. The molecular weight excluding hydrogens is 342 g/mol. The van der Waals surface area contributed by atoms with Crippen LogP contribution in [0.15, 0.2) is 78.9 Å². The molecule has 0 fully saturated rings. The van der Waals surface area contributed by atoms with E-state index in [2.05, 4.69) is 41.7 Å². The maximum Gasteiger partial charge on any atom is 0.0984 e. The monoisotopic (exact) mass is 357 g/mol. The number of nitrogens with zero attached hydrogens (tertiary/aromatic N) is 2. The van der Waals surface area contributed by atoms with Crippen LogP contribution in [0.1, 0.15) is 5.56 Å². The molecule has 0 saturated heterocycles. The Balaban J connectivity index is 1.80. The van der Waals surface area contributed by atoms with E-state index < -0.39 is 0 Å². The quantitative estimate of drug-likeness (QED) is 0.492. The van der Waals surface area contributed by atoms with Crippen LogP contribution < -0.4 is 5.32 Å². The predicted molar refractivity (Wildman–Crippen MR) is 107 cm³/mol. The van der Waals surface area contributed by atoms with E-state index in [4.69, 9.17) is 16.7 Å². The summed E-state index contributed by atoms with van der Waals surface area (Å²) in [6, 6.07) is 26.5. The van der Waals surface area contributed by atoms with Crippen molar-refractivity contribution in [2.24, 2.45) is 0 Å². The van der Waals surface area contributed by atoms with E-state index in [1.165, 1.54) is 11.1 Å². The third-order valence-electron chi connectivity index (χ3n) is 4.74. The van der Waals surface area contributed by atoms with Gasteiger partial charge in [-0.25, -0.2) is 4.68 Å². The first-order chi connectivity index (χ1) is 12.8. The maximum absolute atomic E-state index is 6.09. The second-order valence-corrected chi connectivity index (χ2v) is 6.77. The van der Waals surface area contributed by atoms with Gasteiger partial charge in [-0.05, 0) is 30.3 Å². The molecule has 0 radical (unpaired) electrons. The minimum Gasteiger partial charge on any atom is -0.380 e. The van der Waals surface area contributed by atoms with Gasteiger partial charge >= 0.3 is 0 Å². The topological polar surface area (TPSA) is 29.9 Å². The number of aromatic nitrogens is 2. The van der Waals surface area contributed by atoms with Crippen LogP contribution in [0, 0.1) is 0 Å². The van der Waals surface area contributed by atoms with Crippen molar-refractivity contribution in [2.75, 3.05) is 5.32 Å². The predicted octanol–water partition coefficient (Wildman–Crippen LogP) is 5.79. The van der Waals surface area contributed by atoms with Crippen molar-refractivity contribution in [1.82, 2.24) is 9.78 Å². The van der Waals surface area contributed by atoms with Crippen molar-refractivity contribution in [3.05, 3.63) is 89.4 Å². The zero-order chi connectivity index (χ0) is 17.5. The highest BCUT2D eigenvalue weighted by Crippen LogP contribution is 2.41. The van der Waals surface area contributed by atoms with E-state index in [9.17, 15) is 0 Å². The summed E-state index contributed by atoms with van der Waals surface area (Å²) in [6.45, 7) is 0.754. The van der Waals surface area contributed by atoms with Gasteiger partial charge < -0.3 is 5.32 Å². The van der Waals surface area contributed by atoms with E-state index in [1.54, 1.807) is 0 Å². The maximum atomic E-state index is 6.09. The fourth-order valence-electron chi connectivity index (χ4n) is 3.52. The van der Waals surface area contributed by atoms with E-state index >= 15 is 0 Å². The Morgan fingerprint density at radius 2 is 1.58 bits per heavy atom. The first-order valence-corrected chi connectivity index (χ1v) is 8.95. The molecule has 4 heteroatoms. The van der Waals surface area contributed by atoms with E-state index in [1.807, 2.05) is 47.1 Å². The average Bonchev–Trinajstić information content (AvgIpc) is 3.09. The lowest BCUT2D eigenvalue weighted by Gasteiger charge is -2.20. The molecule has 4 aromatic rings. The highest BCUT2D eigenvalue weighted by Gasteiger charge is 2.26. The van der Waals surface area contributed by atoms with Crippen molar-refractivity contribution in [3.63, 3.8) is 0 Å². The third-order valence-corrected chi connectivity index (χ3v) is 4.99. The number of fused-ring (bicyclic) bond motifs is 3. The van der Waals surface area contributed by atoms with Gasteiger partial charge in [0.2, 0.25) is 0 Å². The first kappa shape index (κ1) is 15.2. The molecule has 126 valence electrons. The highest BCUT2D eigenvalue weighted by atomic mass is 35.5. The molecule has 0 atom stereocenters. The van der Waals surface area contributed by atoms with Gasteiger partial charge in [0.05, 0.1) is 17.1 Å². The summed E-state index contributed by atoms with van der Waals surface area (Å²) < 4.78 is 2.04. The number of para-hydroxylation sites is 1. The number of halogens is 1. The fraction of sp³-hybridized carbons (Fsp3) is 0.0455. The summed E-state index contributed by atoms with van der Waals surface area (Å²) >= 11 is 6.09. The lowest BCUT2D eigenvalue weighted by molar-refractivity contribution is 0.890. The molecule has 1 aliphatic rings. The Morgan fingerprint density at radius 1 is 0.846 bits per heavy atom. The molecule has 2 heterocycles. The highest BCUT2D eigenvalue weighted by molar-refractivity contribution is 6.30. The van der Waals surface area contributed by atoms with Crippen LogP contribution in [0.5, 0.6) is 0 Å². The summed E-state index contributed by atoms with van der Waals surface area (Å²) in [6.07, 6.45) is 0. The summed E-state index contributed by atoms with van der Waals surface area (Å²) in [5.74, 6) is 0. The Hall–Kier alpha value is -3.04. The van der Waals surface area contributed by atoms with Crippen LogP contribution in [0.4, 0.5) is 5.69 Å².